The number of benzene rings is 1. The second kappa shape index (κ2) is 5.74. The Morgan fingerprint density at radius 1 is 1.41 bits per heavy atom. The van der Waals surface area contributed by atoms with E-state index in [4.69, 9.17) is 17.3 Å². The standard InChI is InChI=1S/C14H21ClN2/c1-17(10-12-3-2-4-12)14-6-5-11(7-8-16)9-13(14)15/h5-6,9,12H,2-4,7-8,10,16H2,1H3. The van der Waals surface area contributed by atoms with Crippen molar-refractivity contribution < 1.29 is 0 Å². The molecule has 0 aliphatic heterocycles. The lowest BCUT2D eigenvalue weighted by atomic mass is 9.85. The van der Waals surface area contributed by atoms with E-state index >= 15 is 0 Å². The van der Waals surface area contributed by atoms with E-state index in [9.17, 15) is 0 Å². The summed E-state index contributed by atoms with van der Waals surface area (Å²) in [5, 5.41) is 0.845. The number of nitrogens with two attached hydrogens (primary N) is 1. The topological polar surface area (TPSA) is 29.3 Å². The van der Waals surface area contributed by atoms with Crippen LogP contribution in [0.3, 0.4) is 0 Å². The van der Waals surface area contributed by atoms with Gasteiger partial charge in [0, 0.05) is 13.6 Å². The van der Waals surface area contributed by atoms with Crippen molar-refractivity contribution in [2.24, 2.45) is 11.7 Å². The molecule has 2 rings (SSSR count). The van der Waals surface area contributed by atoms with Crippen LogP contribution < -0.4 is 10.6 Å². The second-order valence-corrected chi connectivity index (χ2v) is 5.41. The molecule has 1 aromatic rings. The zero-order valence-corrected chi connectivity index (χ0v) is 11.2. The third kappa shape index (κ3) is 3.14. The first-order valence-corrected chi connectivity index (χ1v) is 6.78. The Morgan fingerprint density at radius 2 is 2.18 bits per heavy atom. The van der Waals surface area contributed by atoms with Gasteiger partial charge in [-0.05, 0) is 49.4 Å². The first kappa shape index (κ1) is 12.7. The van der Waals surface area contributed by atoms with Crippen LogP contribution in [0.4, 0.5) is 5.69 Å². The Hall–Kier alpha value is -0.730. The van der Waals surface area contributed by atoms with E-state index in [0.717, 1.165) is 29.6 Å². The summed E-state index contributed by atoms with van der Waals surface area (Å²) >= 11 is 6.32. The van der Waals surface area contributed by atoms with Gasteiger partial charge in [-0.3, -0.25) is 0 Å². The zero-order valence-electron chi connectivity index (χ0n) is 10.5. The highest BCUT2D eigenvalue weighted by Crippen LogP contribution is 2.31. The lowest BCUT2D eigenvalue weighted by molar-refractivity contribution is 0.321. The van der Waals surface area contributed by atoms with E-state index in [-0.39, 0.29) is 0 Å². The first-order valence-electron chi connectivity index (χ1n) is 6.40. The van der Waals surface area contributed by atoms with Crippen LogP contribution in [0.2, 0.25) is 5.02 Å². The molecular weight excluding hydrogens is 232 g/mol. The van der Waals surface area contributed by atoms with Crippen LogP contribution in [-0.4, -0.2) is 20.1 Å². The van der Waals surface area contributed by atoms with E-state index in [1.807, 2.05) is 6.07 Å². The van der Waals surface area contributed by atoms with Gasteiger partial charge in [-0.1, -0.05) is 24.1 Å². The molecule has 3 heteroatoms. The average Bonchev–Trinajstić information content (AvgIpc) is 2.24. The second-order valence-electron chi connectivity index (χ2n) is 5.00. The van der Waals surface area contributed by atoms with Gasteiger partial charge in [-0.2, -0.15) is 0 Å². The van der Waals surface area contributed by atoms with Crippen LogP contribution in [0, 0.1) is 5.92 Å². The van der Waals surface area contributed by atoms with E-state index in [2.05, 4.69) is 24.1 Å². The molecule has 2 N–H and O–H groups in total. The summed E-state index contributed by atoms with van der Waals surface area (Å²) in [6, 6.07) is 6.29. The van der Waals surface area contributed by atoms with Crippen molar-refractivity contribution in [3.8, 4) is 0 Å². The van der Waals surface area contributed by atoms with Crippen LogP contribution >= 0.6 is 11.6 Å². The molecule has 94 valence electrons. The molecule has 0 bridgehead atoms. The first-order chi connectivity index (χ1) is 8.20. The molecule has 0 aromatic heterocycles. The molecule has 0 saturated heterocycles. The summed E-state index contributed by atoms with van der Waals surface area (Å²) in [4.78, 5) is 2.28. The quantitative estimate of drug-likeness (QED) is 0.873. The normalized spacial score (nSPS) is 15.7. The fourth-order valence-corrected chi connectivity index (χ4v) is 2.69. The van der Waals surface area contributed by atoms with Crippen molar-refractivity contribution in [3.63, 3.8) is 0 Å². The summed E-state index contributed by atoms with van der Waals surface area (Å²) in [5.41, 5.74) is 7.91. The molecule has 0 amide bonds. The summed E-state index contributed by atoms with van der Waals surface area (Å²) in [6.45, 7) is 1.80. The summed E-state index contributed by atoms with van der Waals surface area (Å²) in [5.74, 6) is 0.861. The lowest BCUT2D eigenvalue weighted by Gasteiger charge is -2.31. The molecule has 1 aliphatic carbocycles. The van der Waals surface area contributed by atoms with Gasteiger partial charge in [0.25, 0.3) is 0 Å². The number of nitrogens with zero attached hydrogens (tertiary/aromatic N) is 1. The molecule has 0 heterocycles. The van der Waals surface area contributed by atoms with Crippen molar-refractivity contribution in [3.05, 3.63) is 28.8 Å². The van der Waals surface area contributed by atoms with E-state index < -0.39 is 0 Å². The Bertz CT molecular complexity index is 374. The minimum Gasteiger partial charge on any atom is -0.373 e. The Kier molecular flexibility index (Phi) is 4.30. The van der Waals surface area contributed by atoms with Crippen molar-refractivity contribution in [1.82, 2.24) is 0 Å². The lowest BCUT2D eigenvalue weighted by Crippen LogP contribution is -2.29. The average molecular weight is 253 g/mol. The van der Waals surface area contributed by atoms with Crippen LogP contribution in [0.15, 0.2) is 18.2 Å². The fourth-order valence-electron chi connectivity index (χ4n) is 2.34. The van der Waals surface area contributed by atoms with Gasteiger partial charge in [-0.25, -0.2) is 0 Å². The molecule has 1 fully saturated rings. The van der Waals surface area contributed by atoms with Crippen LogP contribution in [0.1, 0.15) is 24.8 Å². The third-order valence-electron chi connectivity index (χ3n) is 3.61. The maximum absolute atomic E-state index is 6.32. The maximum Gasteiger partial charge on any atom is 0.0642 e. The predicted octanol–water partition coefficient (Wildman–Crippen LogP) is 3.08. The summed E-state index contributed by atoms with van der Waals surface area (Å²) < 4.78 is 0. The molecule has 0 unspecified atom stereocenters. The molecule has 0 atom stereocenters. The summed E-state index contributed by atoms with van der Waals surface area (Å²) in [7, 11) is 2.13. The van der Waals surface area contributed by atoms with E-state index in [1.165, 1.54) is 24.8 Å². The Morgan fingerprint density at radius 3 is 2.71 bits per heavy atom. The minimum absolute atomic E-state index is 0.674. The van der Waals surface area contributed by atoms with Crippen molar-refractivity contribution >= 4 is 17.3 Å². The molecule has 0 spiro atoms. The highest BCUT2D eigenvalue weighted by molar-refractivity contribution is 6.33. The molecule has 1 aromatic carbocycles. The molecule has 1 aliphatic rings. The van der Waals surface area contributed by atoms with Crippen LogP contribution in [0.5, 0.6) is 0 Å². The van der Waals surface area contributed by atoms with Crippen molar-refractivity contribution in [2.75, 3.05) is 25.0 Å². The SMILES string of the molecule is CN(CC1CCC1)c1ccc(CCN)cc1Cl. The highest BCUT2D eigenvalue weighted by atomic mass is 35.5. The smallest absolute Gasteiger partial charge is 0.0642 e. The van der Waals surface area contributed by atoms with Crippen LogP contribution in [0.25, 0.3) is 0 Å². The zero-order chi connectivity index (χ0) is 12.3. The maximum atomic E-state index is 6.32. The van der Waals surface area contributed by atoms with E-state index in [0.29, 0.717) is 6.54 Å². The van der Waals surface area contributed by atoms with Gasteiger partial charge in [0.2, 0.25) is 0 Å². The largest absolute Gasteiger partial charge is 0.373 e. The van der Waals surface area contributed by atoms with Crippen molar-refractivity contribution in [2.45, 2.75) is 25.7 Å². The molecule has 0 radical (unpaired) electrons. The number of halogens is 1. The molecular formula is C14H21ClN2. The molecule has 17 heavy (non-hydrogen) atoms. The number of hydrogen-bond acceptors (Lipinski definition) is 2. The molecule has 2 nitrogen and oxygen atoms in total. The third-order valence-corrected chi connectivity index (χ3v) is 3.92. The Labute approximate surface area is 109 Å². The number of rotatable bonds is 5. The van der Waals surface area contributed by atoms with Gasteiger partial charge in [-0.15, -0.1) is 0 Å². The van der Waals surface area contributed by atoms with Gasteiger partial charge >= 0.3 is 0 Å². The van der Waals surface area contributed by atoms with E-state index in [1.54, 1.807) is 0 Å². The summed E-state index contributed by atoms with van der Waals surface area (Å²) in [6.07, 6.45) is 5.02. The highest BCUT2D eigenvalue weighted by Gasteiger charge is 2.20. The molecule has 1 saturated carbocycles. The monoisotopic (exact) mass is 252 g/mol. The fraction of sp³-hybridized carbons (Fsp3) is 0.571. The van der Waals surface area contributed by atoms with Gasteiger partial charge in [0.15, 0.2) is 0 Å². The Balaban J connectivity index is 2.03. The minimum atomic E-state index is 0.674. The van der Waals surface area contributed by atoms with Crippen LogP contribution in [-0.2, 0) is 6.42 Å². The van der Waals surface area contributed by atoms with Gasteiger partial charge in [0.1, 0.15) is 0 Å². The number of hydrogen-bond donors (Lipinski definition) is 1. The predicted molar refractivity (Wildman–Crippen MR) is 74.8 cm³/mol. The van der Waals surface area contributed by atoms with Gasteiger partial charge in [0.05, 0.1) is 10.7 Å². The van der Waals surface area contributed by atoms with Gasteiger partial charge < -0.3 is 10.6 Å². The van der Waals surface area contributed by atoms with Crippen molar-refractivity contribution in [1.29, 1.82) is 0 Å². The number of anilines is 1.